The summed E-state index contributed by atoms with van der Waals surface area (Å²) in [6.07, 6.45) is 7.63. The van der Waals surface area contributed by atoms with Crippen LogP contribution in [-0.2, 0) is 6.42 Å². The lowest BCUT2D eigenvalue weighted by atomic mass is 9.82. The molecular weight excluding hydrogens is 459 g/mol. The lowest BCUT2D eigenvalue weighted by Gasteiger charge is -2.47. The van der Waals surface area contributed by atoms with E-state index in [2.05, 4.69) is 73.7 Å². The maximum Gasteiger partial charge on any atom is 0.191 e. The van der Waals surface area contributed by atoms with Gasteiger partial charge in [0.05, 0.1) is 0 Å². The largest absolute Gasteiger partial charge is 0.357 e. The minimum absolute atomic E-state index is 0. The number of nitrogens with one attached hydrogen (secondary N) is 2. The van der Waals surface area contributed by atoms with Gasteiger partial charge in [0.25, 0.3) is 0 Å². The zero-order valence-electron chi connectivity index (χ0n) is 18.1. The normalized spacial score (nSPS) is 25.7. The van der Waals surface area contributed by atoms with Crippen molar-refractivity contribution in [3.63, 3.8) is 0 Å². The van der Waals surface area contributed by atoms with E-state index in [-0.39, 0.29) is 29.4 Å². The number of fused-ring (bicyclic) bond motifs is 2. The van der Waals surface area contributed by atoms with Crippen LogP contribution in [0.1, 0.15) is 58.4 Å². The Kier molecular flexibility index (Phi) is 9.06. The molecule has 2 unspecified atom stereocenters. The van der Waals surface area contributed by atoms with Gasteiger partial charge >= 0.3 is 0 Å². The van der Waals surface area contributed by atoms with Crippen LogP contribution in [0.4, 0.5) is 0 Å². The van der Waals surface area contributed by atoms with E-state index in [4.69, 9.17) is 4.99 Å². The van der Waals surface area contributed by atoms with Crippen molar-refractivity contribution in [2.45, 2.75) is 77.4 Å². The molecule has 2 fully saturated rings. The van der Waals surface area contributed by atoms with Crippen molar-refractivity contribution >= 4 is 29.9 Å². The smallest absolute Gasteiger partial charge is 0.191 e. The molecule has 2 N–H and O–H groups in total. The number of rotatable bonds is 6. The Labute approximate surface area is 189 Å². The summed E-state index contributed by atoms with van der Waals surface area (Å²) in [5, 5.41) is 7.22. The third-order valence-corrected chi connectivity index (χ3v) is 6.22. The van der Waals surface area contributed by atoms with Crippen molar-refractivity contribution in [2.24, 2.45) is 10.4 Å². The van der Waals surface area contributed by atoms with Crippen LogP contribution in [0.5, 0.6) is 0 Å². The second-order valence-corrected chi connectivity index (χ2v) is 9.24. The molecule has 2 atom stereocenters. The highest BCUT2D eigenvalue weighted by atomic mass is 127. The summed E-state index contributed by atoms with van der Waals surface area (Å²) in [5.41, 5.74) is 1.53. The molecule has 158 valence electrons. The van der Waals surface area contributed by atoms with E-state index < -0.39 is 0 Å². The fraction of sp³-hybridized carbons (Fsp3) is 0.696. The van der Waals surface area contributed by atoms with Gasteiger partial charge in [-0.3, -0.25) is 4.99 Å². The van der Waals surface area contributed by atoms with E-state index in [1.165, 1.54) is 37.7 Å². The molecule has 0 saturated carbocycles. The first-order valence-electron chi connectivity index (χ1n) is 10.8. The SMILES string of the molecule is CCNC(=NCC(C)(C)Cc1ccccc1)NC1CC2CCCC(C1)N2C.I. The predicted octanol–water partition coefficient (Wildman–Crippen LogP) is 4.44. The standard InChI is InChI=1S/C23H38N4.HI/c1-5-24-22(25-17-23(2,3)16-18-10-7-6-8-11-18)26-19-14-20-12-9-13-21(15-19)27(20)4;/h6-8,10-11,19-21H,5,9,12-17H2,1-4H3,(H2,24,25,26);1H. The van der Waals surface area contributed by atoms with Crippen LogP contribution < -0.4 is 10.6 Å². The summed E-state index contributed by atoms with van der Waals surface area (Å²) >= 11 is 0. The molecular formula is C23H39IN4. The number of aliphatic imine (C=N–C) groups is 1. The summed E-state index contributed by atoms with van der Waals surface area (Å²) in [7, 11) is 2.32. The highest BCUT2D eigenvalue weighted by molar-refractivity contribution is 14.0. The summed E-state index contributed by atoms with van der Waals surface area (Å²) < 4.78 is 0. The molecule has 0 spiro atoms. The number of piperidine rings is 2. The summed E-state index contributed by atoms with van der Waals surface area (Å²) in [6, 6.07) is 12.8. The maximum absolute atomic E-state index is 4.97. The lowest BCUT2D eigenvalue weighted by molar-refractivity contribution is 0.0526. The van der Waals surface area contributed by atoms with Gasteiger partial charge in [-0.1, -0.05) is 50.6 Å². The molecule has 4 nitrogen and oxygen atoms in total. The second kappa shape index (κ2) is 10.8. The fourth-order valence-electron chi connectivity index (χ4n) is 4.74. The molecule has 3 rings (SSSR count). The van der Waals surface area contributed by atoms with Crippen molar-refractivity contribution < 1.29 is 0 Å². The number of halogens is 1. The first kappa shape index (κ1) is 23.5. The van der Waals surface area contributed by atoms with E-state index in [9.17, 15) is 0 Å². The molecule has 2 aliphatic rings. The van der Waals surface area contributed by atoms with Crippen LogP contribution in [-0.4, -0.2) is 49.1 Å². The lowest BCUT2D eigenvalue weighted by Crippen LogP contribution is -2.56. The van der Waals surface area contributed by atoms with Gasteiger partial charge in [-0.25, -0.2) is 0 Å². The topological polar surface area (TPSA) is 39.7 Å². The van der Waals surface area contributed by atoms with Crippen LogP contribution in [0.15, 0.2) is 35.3 Å². The monoisotopic (exact) mass is 498 g/mol. The summed E-state index contributed by atoms with van der Waals surface area (Å²) in [6.45, 7) is 8.51. The van der Waals surface area contributed by atoms with Crippen LogP contribution in [0.25, 0.3) is 0 Å². The van der Waals surface area contributed by atoms with Crippen molar-refractivity contribution in [3.05, 3.63) is 35.9 Å². The highest BCUT2D eigenvalue weighted by Crippen LogP contribution is 2.32. The Hall–Kier alpha value is -0.820. The van der Waals surface area contributed by atoms with Crippen LogP contribution in [0.3, 0.4) is 0 Å². The van der Waals surface area contributed by atoms with Gasteiger partial charge in [0.2, 0.25) is 0 Å². The van der Waals surface area contributed by atoms with Crippen molar-refractivity contribution in [3.8, 4) is 0 Å². The Morgan fingerprint density at radius 2 is 1.79 bits per heavy atom. The van der Waals surface area contributed by atoms with Gasteiger partial charge < -0.3 is 15.5 Å². The van der Waals surface area contributed by atoms with Crippen LogP contribution in [0.2, 0.25) is 0 Å². The molecule has 2 bridgehead atoms. The van der Waals surface area contributed by atoms with E-state index in [0.717, 1.165) is 37.6 Å². The maximum atomic E-state index is 4.97. The Morgan fingerprint density at radius 3 is 2.39 bits per heavy atom. The highest BCUT2D eigenvalue weighted by Gasteiger charge is 2.36. The molecule has 1 aromatic rings. The van der Waals surface area contributed by atoms with E-state index in [1.54, 1.807) is 0 Å². The minimum Gasteiger partial charge on any atom is -0.357 e. The van der Waals surface area contributed by atoms with E-state index in [0.29, 0.717) is 6.04 Å². The Balaban J connectivity index is 0.00000280. The average Bonchev–Trinajstić information content (AvgIpc) is 2.61. The molecule has 28 heavy (non-hydrogen) atoms. The molecule has 2 aliphatic heterocycles. The quantitative estimate of drug-likeness (QED) is 0.346. The Bertz CT molecular complexity index is 602. The van der Waals surface area contributed by atoms with Gasteiger partial charge in [-0.2, -0.15) is 0 Å². The predicted molar refractivity (Wildman–Crippen MR) is 131 cm³/mol. The van der Waals surface area contributed by atoms with Gasteiger partial charge in [0.15, 0.2) is 5.96 Å². The number of guanidine groups is 1. The molecule has 1 aromatic carbocycles. The number of hydrogen-bond acceptors (Lipinski definition) is 2. The van der Waals surface area contributed by atoms with Crippen molar-refractivity contribution in [1.29, 1.82) is 0 Å². The van der Waals surface area contributed by atoms with Gasteiger partial charge in [-0.05, 0) is 57.1 Å². The van der Waals surface area contributed by atoms with Gasteiger partial charge in [0.1, 0.15) is 0 Å². The molecule has 0 amide bonds. The van der Waals surface area contributed by atoms with Crippen LogP contribution in [0, 0.1) is 5.41 Å². The first-order chi connectivity index (χ1) is 13.0. The fourth-order valence-corrected chi connectivity index (χ4v) is 4.74. The first-order valence-corrected chi connectivity index (χ1v) is 10.8. The van der Waals surface area contributed by atoms with E-state index >= 15 is 0 Å². The molecule has 5 heteroatoms. The third-order valence-electron chi connectivity index (χ3n) is 6.22. The van der Waals surface area contributed by atoms with Gasteiger partial charge in [-0.15, -0.1) is 24.0 Å². The van der Waals surface area contributed by atoms with Crippen molar-refractivity contribution in [1.82, 2.24) is 15.5 Å². The Morgan fingerprint density at radius 1 is 1.14 bits per heavy atom. The average molecular weight is 498 g/mol. The zero-order valence-corrected chi connectivity index (χ0v) is 20.4. The summed E-state index contributed by atoms with van der Waals surface area (Å²) in [5.74, 6) is 0.992. The summed E-state index contributed by atoms with van der Waals surface area (Å²) in [4.78, 5) is 7.59. The van der Waals surface area contributed by atoms with Crippen LogP contribution >= 0.6 is 24.0 Å². The number of hydrogen-bond donors (Lipinski definition) is 2. The second-order valence-electron chi connectivity index (χ2n) is 9.24. The molecule has 2 heterocycles. The van der Waals surface area contributed by atoms with E-state index in [1.807, 2.05) is 0 Å². The number of nitrogens with zero attached hydrogens (tertiary/aromatic N) is 2. The molecule has 0 aromatic heterocycles. The molecule has 2 saturated heterocycles. The zero-order chi connectivity index (χ0) is 19.3. The number of benzene rings is 1. The molecule has 0 aliphatic carbocycles. The minimum atomic E-state index is 0. The third kappa shape index (κ3) is 6.61. The molecule has 0 radical (unpaired) electrons. The van der Waals surface area contributed by atoms with Gasteiger partial charge in [0, 0.05) is 31.2 Å². The van der Waals surface area contributed by atoms with Crippen molar-refractivity contribution in [2.75, 3.05) is 20.1 Å².